The third kappa shape index (κ3) is 12.9. The Bertz CT molecular complexity index is 1420. The highest BCUT2D eigenvalue weighted by atomic mass is 28.4. The lowest BCUT2D eigenvalue weighted by Gasteiger charge is -2.27. The van der Waals surface area contributed by atoms with E-state index in [9.17, 15) is 0 Å². The Labute approximate surface area is 312 Å². The third-order valence-electron chi connectivity index (χ3n) is 8.84. The summed E-state index contributed by atoms with van der Waals surface area (Å²) in [7, 11) is -4.68. The van der Waals surface area contributed by atoms with Crippen LogP contribution in [0.25, 0.3) is 0 Å². The van der Waals surface area contributed by atoms with Crippen LogP contribution in [0.15, 0.2) is 72.8 Å². The van der Waals surface area contributed by atoms with Crippen LogP contribution in [-0.2, 0) is 4.12 Å². The molecule has 0 radical (unpaired) electrons. The Balaban J connectivity index is 1.90. The molecule has 51 heavy (non-hydrogen) atoms. The van der Waals surface area contributed by atoms with E-state index in [0.717, 1.165) is 74.4 Å². The molecular weight excluding hydrogens is 665 g/mol. The standard InChI is InChI=1S/C44H62O5Si2/c1-9-13-17-45-37-21-33(5)25-41(29-37)50(42-26-34(6)22-38(30-42)46-18-14-10-2)49-51(43-27-35(7)23-39(31-43)47-19-15-11-3)44-28-36(8)24-40(32-44)48-20-16-12-4/h21-32,50-51H,9-20H2,1-8H3. The van der Waals surface area contributed by atoms with Gasteiger partial charge in [-0.1, -0.05) is 77.6 Å². The zero-order chi connectivity index (χ0) is 36.6. The van der Waals surface area contributed by atoms with Gasteiger partial charge in [-0.25, -0.2) is 0 Å². The molecule has 0 aliphatic carbocycles. The molecule has 0 saturated heterocycles. The highest BCUT2D eigenvalue weighted by Gasteiger charge is 2.29. The van der Waals surface area contributed by atoms with Crippen LogP contribution >= 0.6 is 0 Å². The minimum Gasteiger partial charge on any atom is -0.494 e. The van der Waals surface area contributed by atoms with Gasteiger partial charge in [-0.05, 0) is 145 Å². The highest BCUT2D eigenvalue weighted by Crippen LogP contribution is 2.19. The van der Waals surface area contributed by atoms with E-state index in [1.54, 1.807) is 0 Å². The number of hydrogen-bond acceptors (Lipinski definition) is 5. The molecule has 0 bridgehead atoms. The van der Waals surface area contributed by atoms with Crippen LogP contribution in [0.1, 0.15) is 101 Å². The predicted molar refractivity (Wildman–Crippen MR) is 220 cm³/mol. The molecule has 0 aliphatic heterocycles. The molecule has 0 unspecified atom stereocenters. The summed E-state index contributed by atoms with van der Waals surface area (Å²) >= 11 is 0. The van der Waals surface area contributed by atoms with Crippen molar-refractivity contribution in [2.24, 2.45) is 0 Å². The van der Waals surface area contributed by atoms with Crippen LogP contribution in [0.5, 0.6) is 23.0 Å². The number of unbranched alkanes of at least 4 members (excludes halogenated alkanes) is 4. The largest absolute Gasteiger partial charge is 0.494 e. The zero-order valence-corrected chi connectivity index (χ0v) is 34.9. The molecule has 4 rings (SSSR count). The summed E-state index contributed by atoms with van der Waals surface area (Å²) in [5.41, 5.74) is 4.70. The minimum atomic E-state index is -2.34. The van der Waals surface area contributed by atoms with Crippen molar-refractivity contribution in [2.75, 3.05) is 26.4 Å². The maximum atomic E-state index is 7.79. The molecule has 0 spiro atoms. The van der Waals surface area contributed by atoms with E-state index >= 15 is 0 Å². The summed E-state index contributed by atoms with van der Waals surface area (Å²) in [6.07, 6.45) is 8.48. The molecule has 0 heterocycles. The van der Waals surface area contributed by atoms with E-state index in [1.165, 1.54) is 43.0 Å². The van der Waals surface area contributed by atoms with E-state index in [-0.39, 0.29) is 0 Å². The predicted octanol–water partition coefficient (Wildman–Crippen LogP) is 8.03. The molecule has 5 nitrogen and oxygen atoms in total. The lowest BCUT2D eigenvalue weighted by Crippen LogP contribution is -2.56. The second-order valence-corrected chi connectivity index (χ2v) is 19.3. The number of rotatable bonds is 22. The van der Waals surface area contributed by atoms with Gasteiger partial charge in [0.15, 0.2) is 0 Å². The number of benzene rings is 4. The van der Waals surface area contributed by atoms with E-state index in [1.807, 2.05) is 0 Å². The number of aryl methyl sites for hydroxylation is 4. The van der Waals surface area contributed by atoms with Gasteiger partial charge in [0.05, 0.1) is 26.4 Å². The second-order valence-electron chi connectivity index (χ2n) is 14.0. The highest BCUT2D eigenvalue weighted by molar-refractivity contribution is 6.92. The van der Waals surface area contributed by atoms with E-state index in [4.69, 9.17) is 23.1 Å². The zero-order valence-electron chi connectivity index (χ0n) is 32.6. The van der Waals surface area contributed by atoms with Crippen molar-refractivity contribution in [3.05, 3.63) is 95.1 Å². The average molecular weight is 727 g/mol. The molecule has 0 atom stereocenters. The number of hydrogen-bond donors (Lipinski definition) is 0. The van der Waals surface area contributed by atoms with Crippen LogP contribution < -0.4 is 39.7 Å². The average Bonchev–Trinajstić information content (AvgIpc) is 3.08. The molecule has 0 fully saturated rings. The molecule has 276 valence electrons. The van der Waals surface area contributed by atoms with Crippen LogP contribution in [-0.4, -0.2) is 44.5 Å². The van der Waals surface area contributed by atoms with Gasteiger partial charge in [0.1, 0.15) is 23.0 Å². The first-order valence-electron chi connectivity index (χ1n) is 19.4. The van der Waals surface area contributed by atoms with Crippen molar-refractivity contribution in [2.45, 2.75) is 107 Å². The van der Waals surface area contributed by atoms with Crippen molar-refractivity contribution in [1.82, 2.24) is 0 Å². The number of ether oxygens (including phenoxy) is 4. The normalized spacial score (nSPS) is 11.3. The Morgan fingerprint density at radius 1 is 0.353 bits per heavy atom. The van der Waals surface area contributed by atoms with Gasteiger partial charge in [-0.2, -0.15) is 0 Å². The fourth-order valence-corrected chi connectivity index (χ4v) is 13.5. The molecule has 4 aromatic carbocycles. The molecule has 7 heteroatoms. The first-order valence-corrected chi connectivity index (χ1v) is 22.6. The van der Waals surface area contributed by atoms with Crippen molar-refractivity contribution >= 4 is 38.8 Å². The lowest BCUT2D eigenvalue weighted by atomic mass is 10.2. The second kappa shape index (κ2) is 21.1. The van der Waals surface area contributed by atoms with Gasteiger partial charge in [-0.3, -0.25) is 0 Å². The monoisotopic (exact) mass is 726 g/mol. The summed E-state index contributed by atoms with van der Waals surface area (Å²) < 4.78 is 33.1. The molecule has 0 saturated carbocycles. The van der Waals surface area contributed by atoms with E-state index in [2.05, 4.69) is 128 Å². The van der Waals surface area contributed by atoms with Gasteiger partial charge >= 0.3 is 0 Å². The van der Waals surface area contributed by atoms with Crippen LogP contribution in [0, 0.1) is 27.7 Å². The Morgan fingerprint density at radius 2 is 0.588 bits per heavy atom. The van der Waals surface area contributed by atoms with Crippen LogP contribution in [0.3, 0.4) is 0 Å². The Kier molecular flexibility index (Phi) is 16.7. The van der Waals surface area contributed by atoms with Crippen molar-refractivity contribution in [1.29, 1.82) is 0 Å². The quantitative estimate of drug-likeness (QED) is 0.0607. The maximum absolute atomic E-state index is 7.79. The van der Waals surface area contributed by atoms with Gasteiger partial charge < -0.3 is 23.1 Å². The lowest BCUT2D eigenvalue weighted by molar-refractivity contribution is 0.309. The first-order chi connectivity index (χ1) is 24.7. The first kappa shape index (κ1) is 40.2. The summed E-state index contributed by atoms with van der Waals surface area (Å²) in [5, 5.41) is 4.85. The molecule has 0 aliphatic rings. The fourth-order valence-electron chi connectivity index (χ4n) is 6.22. The van der Waals surface area contributed by atoms with Gasteiger partial charge in [0.2, 0.25) is 18.1 Å². The molecular formula is C44H62O5Si2. The Hall–Kier alpha value is -3.53. The van der Waals surface area contributed by atoms with Gasteiger partial charge in [0, 0.05) is 0 Å². The van der Waals surface area contributed by atoms with Crippen LogP contribution in [0.2, 0.25) is 0 Å². The summed E-state index contributed by atoms with van der Waals surface area (Å²) in [5.74, 6) is 3.65. The Morgan fingerprint density at radius 3 is 0.804 bits per heavy atom. The molecule has 0 aromatic heterocycles. The maximum Gasteiger partial charge on any atom is 0.229 e. The molecule has 0 N–H and O–H groups in total. The SMILES string of the molecule is CCCCOc1cc(C)cc([SiH](O[SiH](c2cc(C)cc(OCCCC)c2)c2cc(C)cc(OCCCC)c2)c2cc(C)cc(OCCCC)c2)c1. The summed E-state index contributed by atoms with van der Waals surface area (Å²) in [4.78, 5) is 0. The van der Waals surface area contributed by atoms with Crippen molar-refractivity contribution in [3.8, 4) is 23.0 Å². The minimum absolute atomic E-state index is 0.706. The van der Waals surface area contributed by atoms with Gasteiger partial charge in [-0.15, -0.1) is 0 Å². The van der Waals surface area contributed by atoms with E-state index in [0.29, 0.717) is 26.4 Å². The van der Waals surface area contributed by atoms with Crippen molar-refractivity contribution in [3.63, 3.8) is 0 Å². The van der Waals surface area contributed by atoms with Crippen LogP contribution in [0.4, 0.5) is 0 Å². The third-order valence-corrected chi connectivity index (χ3v) is 14.8. The topological polar surface area (TPSA) is 46.2 Å². The van der Waals surface area contributed by atoms with Crippen molar-refractivity contribution < 1.29 is 23.1 Å². The molecule has 0 amide bonds. The summed E-state index contributed by atoms with van der Waals surface area (Å²) in [6, 6.07) is 26.7. The smallest absolute Gasteiger partial charge is 0.229 e. The summed E-state index contributed by atoms with van der Waals surface area (Å²) in [6.45, 7) is 20.2. The van der Waals surface area contributed by atoms with Gasteiger partial charge in [0.25, 0.3) is 0 Å². The van der Waals surface area contributed by atoms with E-state index < -0.39 is 18.1 Å². The fraction of sp³-hybridized carbons (Fsp3) is 0.455. The molecule has 4 aromatic rings.